The molecule has 2 aromatic heterocycles. The fraction of sp³-hybridized carbons (Fsp3) is 0.308. The van der Waals surface area contributed by atoms with Crippen LogP contribution in [0, 0.1) is 29.9 Å². The summed E-state index contributed by atoms with van der Waals surface area (Å²) in [5, 5.41) is 14.3. The first-order valence-electron chi connectivity index (χ1n) is 11.6. The summed E-state index contributed by atoms with van der Waals surface area (Å²) in [5.41, 5.74) is 1.69. The lowest BCUT2D eigenvalue weighted by atomic mass is 10.0. The largest absolute Gasteiger partial charge is 0.335 e. The Kier molecular flexibility index (Phi) is 6.60. The average Bonchev–Trinajstić information content (AvgIpc) is 3.23. The second-order valence-corrected chi connectivity index (χ2v) is 9.71. The number of fused-ring (bicyclic) bond motifs is 1. The Morgan fingerprint density at radius 1 is 1.17 bits per heavy atom. The number of nitrogens with zero attached hydrogens (tertiary/aromatic N) is 7. The van der Waals surface area contributed by atoms with Gasteiger partial charge in [0, 0.05) is 50.0 Å². The Morgan fingerprint density at radius 3 is 2.67 bits per heavy atom. The van der Waals surface area contributed by atoms with Gasteiger partial charge in [-0.05, 0) is 31.2 Å². The summed E-state index contributed by atoms with van der Waals surface area (Å²) in [5.74, 6) is -1.01. The third kappa shape index (κ3) is 4.29. The van der Waals surface area contributed by atoms with Crippen LogP contribution < -0.4 is 4.90 Å². The quantitative estimate of drug-likeness (QED) is 0.370. The van der Waals surface area contributed by atoms with Crippen LogP contribution in [0.2, 0.25) is 0 Å². The number of piperazine rings is 1. The second kappa shape index (κ2) is 9.84. The summed E-state index contributed by atoms with van der Waals surface area (Å²) in [4.78, 5) is 11.7. The van der Waals surface area contributed by atoms with Crippen LogP contribution in [0.3, 0.4) is 0 Å². The Labute approximate surface area is 212 Å². The van der Waals surface area contributed by atoms with Crippen molar-refractivity contribution >= 4 is 28.9 Å². The van der Waals surface area contributed by atoms with E-state index in [0.29, 0.717) is 17.0 Å². The van der Waals surface area contributed by atoms with E-state index in [1.54, 1.807) is 35.9 Å². The zero-order valence-corrected chi connectivity index (χ0v) is 21.1. The van der Waals surface area contributed by atoms with Crippen LogP contribution in [-0.2, 0) is 13.5 Å². The van der Waals surface area contributed by atoms with Gasteiger partial charge >= 0.3 is 0 Å². The first-order valence-corrected chi connectivity index (χ1v) is 12.8. The first kappa shape index (κ1) is 24.2. The highest BCUT2D eigenvalue weighted by atomic mass is 32.2. The molecule has 1 saturated heterocycles. The van der Waals surface area contributed by atoms with E-state index in [-0.39, 0.29) is 28.4 Å². The highest BCUT2D eigenvalue weighted by Gasteiger charge is 2.30. The minimum Gasteiger partial charge on any atom is -0.335 e. The van der Waals surface area contributed by atoms with E-state index in [1.807, 2.05) is 18.2 Å². The summed E-state index contributed by atoms with van der Waals surface area (Å²) in [7, 11) is 1.73. The van der Waals surface area contributed by atoms with Crippen LogP contribution in [0.5, 0.6) is 0 Å². The number of nitriles is 1. The minimum atomic E-state index is -0.855. The number of halogens is 2. The van der Waals surface area contributed by atoms with Gasteiger partial charge in [-0.1, -0.05) is 42.3 Å². The molecule has 36 heavy (non-hydrogen) atoms. The fourth-order valence-corrected chi connectivity index (χ4v) is 5.29. The number of rotatable bonds is 5. The maximum Gasteiger partial charge on any atom is 0.227 e. The summed E-state index contributed by atoms with van der Waals surface area (Å²) < 4.78 is 33.2. The van der Waals surface area contributed by atoms with E-state index in [2.05, 4.69) is 37.7 Å². The number of aryl methyl sites for hydroxylation is 1. The Bertz CT molecular complexity index is 1470. The van der Waals surface area contributed by atoms with Gasteiger partial charge in [-0.15, -0.1) is 0 Å². The van der Waals surface area contributed by atoms with E-state index in [1.165, 1.54) is 18.6 Å². The van der Waals surface area contributed by atoms with Gasteiger partial charge in [-0.2, -0.15) is 15.3 Å². The molecular formula is C26H25F2N7S. The van der Waals surface area contributed by atoms with Crippen molar-refractivity contribution in [3.8, 4) is 17.3 Å². The van der Waals surface area contributed by atoms with E-state index < -0.39 is 11.6 Å². The van der Waals surface area contributed by atoms with Crippen LogP contribution in [0.25, 0.3) is 22.3 Å². The van der Waals surface area contributed by atoms with Crippen LogP contribution in [0.15, 0.2) is 42.6 Å². The molecule has 3 heterocycles. The van der Waals surface area contributed by atoms with E-state index in [4.69, 9.17) is 4.98 Å². The number of hydrogen-bond donors (Lipinski definition) is 0. The van der Waals surface area contributed by atoms with Gasteiger partial charge in [-0.25, -0.2) is 22.8 Å². The monoisotopic (exact) mass is 505 g/mol. The molecule has 0 amide bonds. The molecule has 1 fully saturated rings. The molecule has 0 aliphatic carbocycles. The van der Waals surface area contributed by atoms with Crippen molar-refractivity contribution < 1.29 is 8.78 Å². The van der Waals surface area contributed by atoms with Gasteiger partial charge in [-0.3, -0.25) is 0 Å². The van der Waals surface area contributed by atoms with Crippen LogP contribution in [0.4, 0.5) is 14.7 Å². The average molecular weight is 506 g/mol. The molecule has 0 radical (unpaired) electrons. The van der Waals surface area contributed by atoms with E-state index in [9.17, 15) is 9.65 Å². The predicted octanol–water partition coefficient (Wildman–Crippen LogP) is 4.50. The zero-order chi connectivity index (χ0) is 25.4. The molecule has 184 valence electrons. The maximum absolute atomic E-state index is 15.0. The van der Waals surface area contributed by atoms with Gasteiger partial charge in [0.05, 0.1) is 10.9 Å². The van der Waals surface area contributed by atoms with E-state index >= 15 is 4.39 Å². The molecule has 0 N–H and O–H groups in total. The van der Waals surface area contributed by atoms with Crippen LogP contribution in [0.1, 0.15) is 16.7 Å². The molecule has 7 nitrogen and oxygen atoms in total. The van der Waals surface area contributed by atoms with Gasteiger partial charge in [0.1, 0.15) is 23.4 Å². The standard InChI is InChI=1S/C26H25F2N7S/c1-16-22(27)18(13-29)12-20(23(16)28)24-21-14-30-26(31-25(21)33(2)32-24)35-10-9-34(36-3)15-19(35)11-17-7-5-4-6-8-17/h4-8,12,14,19H,9-11,15H2,1-3H3. The lowest BCUT2D eigenvalue weighted by molar-refractivity contribution is 0.356. The summed E-state index contributed by atoms with van der Waals surface area (Å²) in [6.45, 7) is 3.83. The summed E-state index contributed by atoms with van der Waals surface area (Å²) in [6.07, 6.45) is 4.58. The van der Waals surface area contributed by atoms with Crippen molar-refractivity contribution in [2.75, 3.05) is 30.8 Å². The zero-order valence-electron chi connectivity index (χ0n) is 20.2. The van der Waals surface area contributed by atoms with Crippen molar-refractivity contribution in [1.29, 1.82) is 5.26 Å². The van der Waals surface area contributed by atoms with Crippen molar-refractivity contribution in [1.82, 2.24) is 24.1 Å². The molecule has 2 aromatic carbocycles. The highest BCUT2D eigenvalue weighted by molar-refractivity contribution is 7.96. The number of anilines is 1. The molecule has 1 atom stereocenters. The lowest BCUT2D eigenvalue weighted by Gasteiger charge is -2.40. The van der Waals surface area contributed by atoms with Gasteiger partial charge < -0.3 is 4.90 Å². The predicted molar refractivity (Wildman–Crippen MR) is 137 cm³/mol. The van der Waals surface area contributed by atoms with Crippen LogP contribution >= 0.6 is 11.9 Å². The third-order valence-corrected chi connectivity index (χ3v) is 7.49. The first-order chi connectivity index (χ1) is 17.4. The summed E-state index contributed by atoms with van der Waals surface area (Å²) >= 11 is 1.74. The molecule has 0 bridgehead atoms. The summed E-state index contributed by atoms with van der Waals surface area (Å²) in [6, 6.07) is 13.5. The van der Waals surface area contributed by atoms with Crippen molar-refractivity contribution in [3.05, 3.63) is 70.9 Å². The van der Waals surface area contributed by atoms with Gasteiger partial charge in [0.2, 0.25) is 5.95 Å². The fourth-order valence-electron chi connectivity index (χ4n) is 4.71. The maximum atomic E-state index is 15.0. The van der Waals surface area contributed by atoms with Gasteiger partial charge in [0.15, 0.2) is 5.65 Å². The second-order valence-electron chi connectivity index (χ2n) is 8.82. The molecule has 1 aliphatic rings. The topological polar surface area (TPSA) is 73.9 Å². The molecule has 10 heteroatoms. The number of aromatic nitrogens is 4. The van der Waals surface area contributed by atoms with E-state index in [0.717, 1.165) is 26.1 Å². The van der Waals surface area contributed by atoms with Crippen LogP contribution in [-0.4, -0.2) is 56.0 Å². The number of hydrogen-bond acceptors (Lipinski definition) is 7. The molecule has 5 rings (SSSR count). The van der Waals surface area contributed by atoms with Gasteiger partial charge in [0.25, 0.3) is 0 Å². The normalized spacial score (nSPS) is 16.4. The van der Waals surface area contributed by atoms with Crippen molar-refractivity contribution in [2.45, 2.75) is 19.4 Å². The minimum absolute atomic E-state index is 0.0583. The van der Waals surface area contributed by atoms with Crippen molar-refractivity contribution in [3.63, 3.8) is 0 Å². The molecule has 0 saturated carbocycles. The molecule has 4 aromatic rings. The molecule has 1 unspecified atom stereocenters. The number of benzene rings is 2. The van der Waals surface area contributed by atoms with Crippen molar-refractivity contribution in [2.24, 2.45) is 7.05 Å². The Morgan fingerprint density at radius 2 is 1.94 bits per heavy atom. The SMILES string of the molecule is CSN1CCN(c2ncc3c(-c4cc(C#N)c(F)c(C)c4F)nn(C)c3n2)C(Cc2ccccc2)C1. The third-order valence-electron chi connectivity index (χ3n) is 6.64. The molecular weight excluding hydrogens is 480 g/mol. The Hall–Kier alpha value is -3.55. The molecule has 1 aliphatic heterocycles. The smallest absolute Gasteiger partial charge is 0.227 e. The highest BCUT2D eigenvalue weighted by Crippen LogP contribution is 2.33. The lowest BCUT2D eigenvalue weighted by Crippen LogP contribution is -2.52. The molecule has 0 spiro atoms. The Balaban J connectivity index is 1.55.